The Hall–Kier alpha value is -1.08. The van der Waals surface area contributed by atoms with Crippen LogP contribution in [0.25, 0.3) is 0 Å². The van der Waals surface area contributed by atoms with E-state index in [1.807, 2.05) is 20.8 Å². The van der Waals surface area contributed by atoms with Gasteiger partial charge in [0.05, 0.1) is 51.9 Å². The van der Waals surface area contributed by atoms with Gasteiger partial charge in [-0.2, -0.15) is 0 Å². The number of amides is 1. The Morgan fingerprint density at radius 3 is 2.09 bits per heavy atom. The summed E-state index contributed by atoms with van der Waals surface area (Å²) >= 11 is 2.74. The molecule has 272 valence electrons. The molecule has 3 rings (SSSR count). The number of thiophene rings is 1. The minimum Gasteiger partial charge on any atom is -0.330 e. The van der Waals surface area contributed by atoms with E-state index >= 15 is 0 Å². The fourth-order valence-electron chi connectivity index (χ4n) is 3.56. The van der Waals surface area contributed by atoms with Crippen LogP contribution in [0.2, 0.25) is 0 Å². The van der Waals surface area contributed by atoms with E-state index < -0.39 is 41.9 Å². The summed E-state index contributed by atoms with van der Waals surface area (Å²) < 4.78 is 91.6. The molecule has 0 aromatic carbocycles. The number of primary sulfonamides is 2. The van der Waals surface area contributed by atoms with Gasteiger partial charge < -0.3 is 24.2 Å². The number of anilines is 1. The van der Waals surface area contributed by atoms with Crippen molar-refractivity contribution < 1.29 is 48.1 Å². The predicted octanol–water partition coefficient (Wildman–Crippen LogP) is 2.36. The zero-order valence-electron chi connectivity index (χ0n) is 27.5. The van der Waals surface area contributed by atoms with E-state index in [1.54, 1.807) is 6.92 Å². The van der Waals surface area contributed by atoms with Crippen LogP contribution in [0.5, 0.6) is 0 Å². The Kier molecular flexibility index (Phi) is 17.1. The number of hydrogen-bond acceptors (Lipinski definition) is 16. The zero-order chi connectivity index (χ0) is 36.4. The third-order valence-electron chi connectivity index (χ3n) is 5.68. The van der Waals surface area contributed by atoms with Crippen molar-refractivity contribution >= 4 is 81.8 Å². The summed E-state index contributed by atoms with van der Waals surface area (Å²) in [5, 5.41) is 21.6. The number of carbonyl (C=O) groups excluding carboxylic acids is 1. The summed E-state index contributed by atoms with van der Waals surface area (Å²) in [6.45, 7) is 8.05. The molecule has 24 heteroatoms. The van der Waals surface area contributed by atoms with E-state index in [0.29, 0.717) is 43.1 Å². The van der Waals surface area contributed by atoms with E-state index in [1.165, 1.54) is 24.4 Å². The van der Waals surface area contributed by atoms with Crippen LogP contribution in [0.4, 0.5) is 5.13 Å². The third-order valence-corrected chi connectivity index (χ3v) is 17.1. The van der Waals surface area contributed by atoms with Gasteiger partial charge in [0.1, 0.15) is 8.42 Å². The molecule has 3 heterocycles. The first-order valence-corrected chi connectivity index (χ1v) is 23.4. The summed E-state index contributed by atoms with van der Waals surface area (Å²) in [6.07, 6.45) is 0.434. The Labute approximate surface area is 289 Å². The lowest BCUT2D eigenvalue weighted by molar-refractivity contribution is -0.867. The van der Waals surface area contributed by atoms with Crippen molar-refractivity contribution in [2.75, 3.05) is 58.5 Å². The molecule has 0 saturated carbocycles. The van der Waals surface area contributed by atoms with Crippen LogP contribution in [0.3, 0.4) is 0 Å². The van der Waals surface area contributed by atoms with Crippen molar-refractivity contribution in [3.05, 3.63) is 11.6 Å². The van der Waals surface area contributed by atoms with Crippen LogP contribution in [-0.4, -0.2) is 104 Å². The van der Waals surface area contributed by atoms with Crippen molar-refractivity contribution in [1.29, 1.82) is 0 Å². The van der Waals surface area contributed by atoms with E-state index in [0.717, 1.165) is 28.1 Å². The second-order valence-corrected chi connectivity index (χ2v) is 23.1. The Balaban J connectivity index is 0.000000361. The number of sulfone groups is 1. The number of fused-ring (bicyclic) bond motifs is 1. The van der Waals surface area contributed by atoms with Gasteiger partial charge in [-0.3, -0.25) is 4.79 Å². The topological polar surface area (TPSA) is 257 Å². The lowest BCUT2D eigenvalue weighted by Gasteiger charge is -2.27. The molecule has 2 aromatic heterocycles. The number of nitrogens with zero attached hydrogens (tertiary/aromatic N) is 3. The van der Waals surface area contributed by atoms with Gasteiger partial charge in [0.15, 0.2) is 9.84 Å². The van der Waals surface area contributed by atoms with Crippen LogP contribution in [0.15, 0.2) is 18.8 Å². The molecular formula is C23H45N7O10PS6+. The minimum absolute atomic E-state index is 0.0990. The quantitative estimate of drug-likeness (QED) is 0.129. The maximum atomic E-state index is 12.2. The van der Waals surface area contributed by atoms with Gasteiger partial charge in [-0.15, -0.1) is 21.5 Å². The number of aromatic nitrogens is 2. The monoisotopic (exact) mass is 802 g/mol. The standard InChI is InChI=1S/C10H16N2O4S3.C9H23NO3PS.C4H6N4O3S2/c1-3-12-8-4-6(2)18(13,14)10-7(8)5-9(17-10)19(11,15)16;1-6-12-14(11,13-7-2)15-9-8-10(3,4)5;1-2(9)6-3-7-8-4(12-3)13(5,10)11/h5-6,8,12H,3-4H2,1-2H3,(H2,11,15,16);6-9H2,1-5H3;1H3,(H2,5,10,11)(H,6,7,9)/q;+1;/t6-,8-;;/m0../s1. The van der Waals surface area contributed by atoms with Gasteiger partial charge in [-0.05, 0) is 51.2 Å². The normalized spacial score (nSPS) is 17.8. The number of nitrogens with two attached hydrogens (primary N) is 2. The average molecular weight is 803 g/mol. The minimum atomic E-state index is -3.88. The zero-order valence-corrected chi connectivity index (χ0v) is 33.2. The van der Waals surface area contributed by atoms with Crippen molar-refractivity contribution in [3.63, 3.8) is 0 Å². The van der Waals surface area contributed by atoms with Crippen molar-refractivity contribution in [2.24, 2.45) is 10.3 Å². The molecule has 47 heavy (non-hydrogen) atoms. The molecule has 6 N–H and O–H groups in total. The summed E-state index contributed by atoms with van der Waals surface area (Å²) in [4.78, 5) is 10.5. The Bertz CT molecular complexity index is 1700. The first kappa shape index (κ1) is 43.9. The SMILES string of the molecule is CC(=O)Nc1nnc(S(N)(=O)=O)s1.CCN[C@H]1C[C@H](C)S(=O)(=O)c2sc(S(N)(=O)=O)cc21.CCOP(=O)(OCC)SCC[N+](C)(C)C. The molecule has 0 spiro atoms. The van der Waals surface area contributed by atoms with Crippen molar-refractivity contribution in [1.82, 2.24) is 15.5 Å². The van der Waals surface area contributed by atoms with Crippen molar-refractivity contribution in [3.8, 4) is 0 Å². The maximum absolute atomic E-state index is 12.2. The molecule has 1 aliphatic rings. The average Bonchev–Trinajstić information content (AvgIpc) is 3.56. The largest absolute Gasteiger partial charge is 0.389 e. The number of quaternary nitrogens is 1. The summed E-state index contributed by atoms with van der Waals surface area (Å²) in [7, 11) is -4.84. The van der Waals surface area contributed by atoms with Crippen LogP contribution in [0, 0.1) is 0 Å². The van der Waals surface area contributed by atoms with E-state index in [4.69, 9.17) is 19.3 Å². The Morgan fingerprint density at radius 1 is 1.09 bits per heavy atom. The molecule has 0 saturated heterocycles. The maximum Gasteiger partial charge on any atom is 0.389 e. The molecule has 1 aliphatic heterocycles. The van der Waals surface area contributed by atoms with Gasteiger partial charge >= 0.3 is 6.80 Å². The number of sulfonamides is 2. The molecule has 2 atom stereocenters. The molecule has 0 unspecified atom stereocenters. The second-order valence-electron chi connectivity index (χ2n) is 10.8. The molecule has 17 nitrogen and oxygen atoms in total. The van der Waals surface area contributed by atoms with E-state index in [9.17, 15) is 34.6 Å². The number of hydrogen-bond donors (Lipinski definition) is 4. The highest BCUT2D eigenvalue weighted by Gasteiger charge is 2.39. The highest BCUT2D eigenvalue weighted by atomic mass is 32.7. The van der Waals surface area contributed by atoms with Gasteiger partial charge in [0, 0.05) is 18.5 Å². The van der Waals surface area contributed by atoms with Crippen LogP contribution in [-0.2, 0) is 48.3 Å². The smallest absolute Gasteiger partial charge is 0.330 e. The first-order chi connectivity index (χ1) is 21.4. The lowest BCUT2D eigenvalue weighted by Crippen LogP contribution is -2.36. The molecule has 0 aliphatic carbocycles. The fourth-order valence-corrected chi connectivity index (χ4v) is 13.1. The lowest BCUT2D eigenvalue weighted by atomic mass is 10.1. The molecule has 1 amide bonds. The van der Waals surface area contributed by atoms with Gasteiger partial charge in [0.25, 0.3) is 10.0 Å². The van der Waals surface area contributed by atoms with Gasteiger partial charge in [-0.1, -0.05) is 18.3 Å². The summed E-state index contributed by atoms with van der Waals surface area (Å²) in [6, 6.07) is 1.23. The predicted molar refractivity (Wildman–Crippen MR) is 185 cm³/mol. The first-order valence-electron chi connectivity index (χ1n) is 14.0. The van der Waals surface area contributed by atoms with E-state index in [2.05, 4.69) is 42.0 Å². The highest BCUT2D eigenvalue weighted by molar-refractivity contribution is 8.55. The molecule has 2 aromatic rings. The number of carbonyl (C=O) groups is 1. The molecular weight excluding hydrogens is 758 g/mol. The van der Waals surface area contributed by atoms with Gasteiger partial charge in [0.2, 0.25) is 25.4 Å². The second kappa shape index (κ2) is 18.2. The van der Waals surface area contributed by atoms with Crippen LogP contribution >= 0.6 is 40.9 Å². The fraction of sp³-hybridized carbons (Fsp3) is 0.696. The molecule has 0 fully saturated rings. The Morgan fingerprint density at radius 2 is 1.66 bits per heavy atom. The summed E-state index contributed by atoms with van der Waals surface area (Å²) in [5.41, 5.74) is 0.522. The number of rotatable bonds is 13. The number of nitrogens with one attached hydrogen (secondary N) is 2. The summed E-state index contributed by atoms with van der Waals surface area (Å²) in [5.74, 6) is 0.429. The molecule has 0 radical (unpaired) electrons. The van der Waals surface area contributed by atoms with E-state index in [-0.39, 0.29) is 29.8 Å². The molecule has 0 bridgehead atoms. The van der Waals surface area contributed by atoms with Crippen LogP contribution < -0.4 is 20.9 Å². The highest BCUT2D eigenvalue weighted by Crippen LogP contribution is 2.60. The third kappa shape index (κ3) is 14.7. The van der Waals surface area contributed by atoms with Gasteiger partial charge in [-0.25, -0.2) is 40.1 Å². The van der Waals surface area contributed by atoms with Crippen LogP contribution in [0.1, 0.15) is 52.6 Å². The van der Waals surface area contributed by atoms with Crippen molar-refractivity contribution in [2.45, 2.75) is 65.1 Å².